The number of hydrogen-bond donors (Lipinski definition) is 2. The quantitative estimate of drug-likeness (QED) is 0.716. The summed E-state index contributed by atoms with van der Waals surface area (Å²) >= 11 is 0. The molecule has 1 atom stereocenters. The number of nitrogens with one attached hydrogen (secondary N) is 2. The minimum absolute atomic E-state index is 0.136. The molecule has 0 saturated heterocycles. The first-order valence-electron chi connectivity index (χ1n) is 8.30. The first kappa shape index (κ1) is 14.5. The fourth-order valence-electron chi connectivity index (χ4n) is 3.66. The summed E-state index contributed by atoms with van der Waals surface area (Å²) in [6.45, 7) is 2.70. The van der Waals surface area contributed by atoms with Gasteiger partial charge in [-0.3, -0.25) is 0 Å². The molecule has 1 unspecified atom stereocenters. The summed E-state index contributed by atoms with van der Waals surface area (Å²) < 4.78 is 13.8. The van der Waals surface area contributed by atoms with E-state index in [1.807, 2.05) is 12.1 Å². The standard InChI is InChI=1S/C20H21FN2/c1-13-9-10-18-16(11-13)15-6-4-8-19(20(15)23-18)22-12-14-5-2-3-7-17(14)21/h2-3,5,7,9-11,19,22-23H,4,6,8,12H2,1H3. The number of aromatic nitrogens is 1. The maximum Gasteiger partial charge on any atom is 0.127 e. The van der Waals surface area contributed by atoms with E-state index in [-0.39, 0.29) is 11.9 Å². The van der Waals surface area contributed by atoms with E-state index in [1.165, 1.54) is 40.2 Å². The lowest BCUT2D eigenvalue weighted by atomic mass is 9.91. The predicted molar refractivity (Wildman–Crippen MR) is 92.0 cm³/mol. The summed E-state index contributed by atoms with van der Waals surface area (Å²) in [5.41, 5.74) is 5.95. The summed E-state index contributed by atoms with van der Waals surface area (Å²) in [7, 11) is 0. The van der Waals surface area contributed by atoms with Crippen molar-refractivity contribution in [1.82, 2.24) is 10.3 Å². The molecular formula is C20H21FN2. The highest BCUT2D eigenvalue weighted by Crippen LogP contribution is 2.35. The Morgan fingerprint density at radius 1 is 1.22 bits per heavy atom. The zero-order valence-electron chi connectivity index (χ0n) is 13.3. The zero-order valence-corrected chi connectivity index (χ0v) is 13.3. The number of halogens is 1. The lowest BCUT2D eigenvalue weighted by Gasteiger charge is -2.24. The third-order valence-corrected chi connectivity index (χ3v) is 4.86. The number of hydrogen-bond acceptors (Lipinski definition) is 1. The molecule has 3 aromatic rings. The number of fused-ring (bicyclic) bond motifs is 3. The van der Waals surface area contributed by atoms with Gasteiger partial charge < -0.3 is 10.3 Å². The molecular weight excluding hydrogens is 287 g/mol. The third kappa shape index (κ3) is 2.66. The van der Waals surface area contributed by atoms with E-state index in [1.54, 1.807) is 6.07 Å². The molecule has 1 aromatic heterocycles. The van der Waals surface area contributed by atoms with Crippen LogP contribution in [0.2, 0.25) is 0 Å². The highest BCUT2D eigenvalue weighted by atomic mass is 19.1. The van der Waals surface area contributed by atoms with E-state index < -0.39 is 0 Å². The Balaban J connectivity index is 1.63. The predicted octanol–water partition coefficient (Wildman–Crippen LogP) is 4.78. The van der Waals surface area contributed by atoms with Gasteiger partial charge in [-0.1, -0.05) is 29.8 Å². The van der Waals surface area contributed by atoms with Crippen LogP contribution in [0.3, 0.4) is 0 Å². The number of H-pyrrole nitrogens is 1. The lowest BCUT2D eigenvalue weighted by Crippen LogP contribution is -2.25. The van der Waals surface area contributed by atoms with Gasteiger partial charge in [0.2, 0.25) is 0 Å². The van der Waals surface area contributed by atoms with Gasteiger partial charge in [0.15, 0.2) is 0 Å². The molecule has 2 aromatic carbocycles. The van der Waals surface area contributed by atoms with Crippen LogP contribution >= 0.6 is 0 Å². The Hall–Kier alpha value is -2.13. The van der Waals surface area contributed by atoms with Crippen molar-refractivity contribution >= 4 is 10.9 Å². The van der Waals surface area contributed by atoms with Crippen molar-refractivity contribution in [2.24, 2.45) is 0 Å². The van der Waals surface area contributed by atoms with E-state index in [4.69, 9.17) is 0 Å². The minimum atomic E-state index is -0.136. The first-order chi connectivity index (χ1) is 11.2. The van der Waals surface area contributed by atoms with Crippen LogP contribution in [-0.4, -0.2) is 4.98 Å². The van der Waals surface area contributed by atoms with Gasteiger partial charge in [-0.15, -0.1) is 0 Å². The van der Waals surface area contributed by atoms with E-state index in [0.717, 1.165) is 18.4 Å². The summed E-state index contributed by atoms with van der Waals surface area (Å²) in [6, 6.07) is 13.8. The van der Waals surface area contributed by atoms with Crippen molar-refractivity contribution in [1.29, 1.82) is 0 Å². The second-order valence-electron chi connectivity index (χ2n) is 6.48. The zero-order chi connectivity index (χ0) is 15.8. The molecule has 0 saturated carbocycles. The normalized spacial score (nSPS) is 17.4. The molecule has 0 aliphatic heterocycles. The number of aromatic amines is 1. The Bertz CT molecular complexity index is 850. The Morgan fingerprint density at radius 3 is 2.96 bits per heavy atom. The van der Waals surface area contributed by atoms with Crippen LogP contribution in [0.25, 0.3) is 10.9 Å². The Kier molecular flexibility index (Phi) is 3.66. The summed E-state index contributed by atoms with van der Waals surface area (Å²) in [6.07, 6.45) is 3.38. The molecule has 0 bridgehead atoms. The van der Waals surface area contributed by atoms with Gasteiger partial charge in [0.05, 0.1) is 0 Å². The lowest BCUT2D eigenvalue weighted by molar-refractivity contribution is 0.446. The van der Waals surface area contributed by atoms with E-state index >= 15 is 0 Å². The van der Waals surface area contributed by atoms with E-state index in [0.29, 0.717) is 6.54 Å². The van der Waals surface area contributed by atoms with Gasteiger partial charge in [-0.25, -0.2) is 4.39 Å². The van der Waals surface area contributed by atoms with Crippen molar-refractivity contribution in [2.75, 3.05) is 0 Å². The summed E-state index contributed by atoms with van der Waals surface area (Å²) in [5, 5.41) is 4.88. The van der Waals surface area contributed by atoms with Crippen LogP contribution in [0, 0.1) is 12.7 Å². The monoisotopic (exact) mass is 308 g/mol. The van der Waals surface area contributed by atoms with Crippen LogP contribution in [0.5, 0.6) is 0 Å². The average molecular weight is 308 g/mol. The van der Waals surface area contributed by atoms with Gasteiger partial charge >= 0.3 is 0 Å². The van der Waals surface area contributed by atoms with E-state index in [9.17, 15) is 4.39 Å². The molecule has 0 radical (unpaired) electrons. The first-order valence-corrected chi connectivity index (χ1v) is 8.30. The molecule has 118 valence electrons. The molecule has 2 nitrogen and oxygen atoms in total. The minimum Gasteiger partial charge on any atom is -0.357 e. The Morgan fingerprint density at radius 2 is 2.09 bits per heavy atom. The van der Waals surface area contributed by atoms with Gasteiger partial charge in [0.1, 0.15) is 5.82 Å². The molecule has 4 rings (SSSR count). The molecule has 1 aliphatic rings. The van der Waals surface area contributed by atoms with Crippen molar-refractivity contribution in [2.45, 2.75) is 38.8 Å². The average Bonchev–Trinajstić information content (AvgIpc) is 2.93. The fourth-order valence-corrected chi connectivity index (χ4v) is 3.66. The number of benzene rings is 2. The van der Waals surface area contributed by atoms with Crippen LogP contribution < -0.4 is 5.32 Å². The third-order valence-electron chi connectivity index (χ3n) is 4.86. The molecule has 0 fully saturated rings. The second-order valence-corrected chi connectivity index (χ2v) is 6.48. The molecule has 23 heavy (non-hydrogen) atoms. The van der Waals surface area contributed by atoms with Gasteiger partial charge in [0, 0.05) is 34.7 Å². The smallest absolute Gasteiger partial charge is 0.127 e. The maximum atomic E-state index is 13.8. The maximum absolute atomic E-state index is 13.8. The summed E-state index contributed by atoms with van der Waals surface area (Å²) in [5.74, 6) is -0.136. The Labute approximate surface area is 135 Å². The molecule has 0 amide bonds. The van der Waals surface area contributed by atoms with Crippen molar-refractivity contribution in [3.8, 4) is 0 Å². The molecule has 0 spiro atoms. The topological polar surface area (TPSA) is 27.8 Å². The molecule has 2 N–H and O–H groups in total. The highest BCUT2D eigenvalue weighted by Gasteiger charge is 2.24. The molecule has 1 aliphatic carbocycles. The molecule has 3 heteroatoms. The van der Waals surface area contributed by atoms with Gasteiger partial charge in [-0.05, 0) is 49.9 Å². The van der Waals surface area contributed by atoms with Crippen LogP contribution in [0.1, 0.15) is 41.3 Å². The van der Waals surface area contributed by atoms with Gasteiger partial charge in [-0.2, -0.15) is 0 Å². The van der Waals surface area contributed by atoms with Crippen LogP contribution in [0.4, 0.5) is 4.39 Å². The van der Waals surface area contributed by atoms with Crippen molar-refractivity contribution < 1.29 is 4.39 Å². The number of aryl methyl sites for hydroxylation is 2. The number of rotatable bonds is 3. The van der Waals surface area contributed by atoms with Crippen molar-refractivity contribution in [3.63, 3.8) is 0 Å². The highest BCUT2D eigenvalue weighted by molar-refractivity contribution is 5.85. The fraction of sp³-hybridized carbons (Fsp3) is 0.300. The second kappa shape index (κ2) is 5.82. The van der Waals surface area contributed by atoms with Crippen LogP contribution in [0.15, 0.2) is 42.5 Å². The largest absolute Gasteiger partial charge is 0.357 e. The SMILES string of the molecule is Cc1ccc2[nH]c3c(c2c1)CCCC3NCc1ccccc1F. The molecule has 1 heterocycles. The van der Waals surface area contributed by atoms with Gasteiger partial charge in [0.25, 0.3) is 0 Å². The van der Waals surface area contributed by atoms with Crippen molar-refractivity contribution in [3.05, 3.63) is 70.7 Å². The summed E-state index contributed by atoms with van der Waals surface area (Å²) in [4.78, 5) is 3.59. The van der Waals surface area contributed by atoms with E-state index in [2.05, 4.69) is 35.4 Å². The van der Waals surface area contributed by atoms with Crippen LogP contribution in [-0.2, 0) is 13.0 Å².